The van der Waals surface area contributed by atoms with Crippen LogP contribution in [0.2, 0.25) is 0 Å². The lowest BCUT2D eigenvalue weighted by Crippen LogP contribution is -2.54. The fourth-order valence-electron chi connectivity index (χ4n) is 6.95. The fraction of sp³-hybridized carbons (Fsp3) is 0.250. The largest absolute Gasteiger partial charge is 0.506 e. The second-order valence-electron chi connectivity index (χ2n) is 14.4. The molecule has 0 radical (unpaired) electrons. The number of aryl methyl sites for hydroxylation is 2. The van der Waals surface area contributed by atoms with Crippen molar-refractivity contribution in [2.45, 2.75) is 63.2 Å². The SMILES string of the molecule is CC(=O)Nc1cc(C(c2ccc(O)c(NC(C)=O)c2)(C(F)(F)F)C(F)(F)F)ccc1C.CNc1cc(C(c2ccc(C)c(NC(=O)c3ccccc3)c2)(C(F)(F)F)C(F)(F)F)ccc1O. The van der Waals surface area contributed by atoms with Crippen LogP contribution in [0.3, 0.4) is 0 Å². The summed E-state index contributed by atoms with van der Waals surface area (Å²) in [5.74, 6) is -3.39. The lowest BCUT2D eigenvalue weighted by Gasteiger charge is -2.38. The molecule has 65 heavy (non-hydrogen) atoms. The second kappa shape index (κ2) is 18.7. The number of amides is 3. The maximum Gasteiger partial charge on any atom is 0.411 e. The maximum atomic E-state index is 14.4. The standard InChI is InChI=1S/C24H20F6N2O2.C20H18F6N2O3/c1-14-8-9-16(12-18(14)32-21(34)15-6-4-3-5-7-15)22(23(25,26)27,24(28,29)30)17-10-11-20(33)19(13-17)31-2;1-10-4-5-13(8-15(10)27-11(2)29)18(19(21,22)23,20(24,25)26)14-6-7-17(31)16(9-14)28-12(3)30/h3-13,31,33H,1-2H3,(H,32,34);4-9,31H,1-3H3,(H,27,29)(H,28,30). The molecule has 0 spiro atoms. The molecule has 0 aliphatic rings. The number of phenols is 2. The Morgan fingerprint density at radius 3 is 1.14 bits per heavy atom. The van der Waals surface area contributed by atoms with Crippen LogP contribution in [0.15, 0.2) is 103 Å². The molecule has 0 aromatic heterocycles. The zero-order chi connectivity index (χ0) is 49.1. The zero-order valence-electron chi connectivity index (χ0n) is 34.5. The van der Waals surface area contributed by atoms with Crippen LogP contribution in [0.5, 0.6) is 11.5 Å². The number of alkyl halides is 12. The smallest absolute Gasteiger partial charge is 0.411 e. The number of nitrogens with one attached hydrogen (secondary N) is 4. The molecule has 0 unspecified atom stereocenters. The number of carbonyl (C=O) groups excluding carboxylic acids is 3. The van der Waals surface area contributed by atoms with Gasteiger partial charge in [-0.15, -0.1) is 0 Å². The molecule has 0 saturated carbocycles. The minimum Gasteiger partial charge on any atom is -0.506 e. The molecule has 0 aliphatic heterocycles. The van der Waals surface area contributed by atoms with Gasteiger partial charge in [-0.3, -0.25) is 14.4 Å². The van der Waals surface area contributed by atoms with Gasteiger partial charge < -0.3 is 31.5 Å². The molecule has 3 amide bonds. The zero-order valence-corrected chi connectivity index (χ0v) is 34.5. The van der Waals surface area contributed by atoms with Gasteiger partial charge in [0.2, 0.25) is 22.6 Å². The Hall–Kier alpha value is -6.93. The molecule has 5 aromatic carbocycles. The van der Waals surface area contributed by atoms with Crippen molar-refractivity contribution < 1.29 is 77.3 Å². The number of halogens is 12. The average molecular weight is 931 g/mol. The van der Waals surface area contributed by atoms with Crippen LogP contribution in [-0.4, -0.2) is 59.7 Å². The topological polar surface area (TPSA) is 140 Å². The number of phenolic OH excluding ortho intramolecular Hbond substituents is 2. The van der Waals surface area contributed by atoms with E-state index >= 15 is 0 Å². The van der Waals surface area contributed by atoms with E-state index < -0.39 is 92.7 Å². The molecule has 0 bridgehead atoms. The van der Waals surface area contributed by atoms with Gasteiger partial charge in [0.15, 0.2) is 0 Å². The normalized spacial score (nSPS) is 12.4. The fourth-order valence-corrected chi connectivity index (χ4v) is 6.95. The van der Waals surface area contributed by atoms with Crippen molar-refractivity contribution in [3.05, 3.63) is 142 Å². The number of rotatable bonds is 9. The predicted octanol–water partition coefficient (Wildman–Crippen LogP) is 11.4. The monoisotopic (exact) mass is 930 g/mol. The van der Waals surface area contributed by atoms with E-state index in [0.29, 0.717) is 48.5 Å². The molecule has 0 heterocycles. The first kappa shape index (κ1) is 50.7. The summed E-state index contributed by atoms with van der Waals surface area (Å²) >= 11 is 0. The molecule has 9 nitrogen and oxygen atoms in total. The summed E-state index contributed by atoms with van der Waals surface area (Å²) in [7, 11) is 1.25. The van der Waals surface area contributed by atoms with Crippen molar-refractivity contribution in [2.24, 2.45) is 0 Å². The highest BCUT2D eigenvalue weighted by Crippen LogP contribution is 2.59. The molecule has 0 fully saturated rings. The Bertz CT molecular complexity index is 2460. The predicted molar refractivity (Wildman–Crippen MR) is 217 cm³/mol. The van der Waals surface area contributed by atoms with Crippen LogP contribution in [0.25, 0.3) is 0 Å². The van der Waals surface area contributed by atoms with E-state index in [-0.39, 0.29) is 33.8 Å². The van der Waals surface area contributed by atoms with Gasteiger partial charge in [0.25, 0.3) is 5.91 Å². The first-order chi connectivity index (χ1) is 29.9. The Morgan fingerprint density at radius 2 is 0.769 bits per heavy atom. The van der Waals surface area contributed by atoms with E-state index in [1.54, 1.807) is 18.2 Å². The molecule has 348 valence electrons. The van der Waals surface area contributed by atoms with Crippen molar-refractivity contribution in [3.63, 3.8) is 0 Å². The second-order valence-corrected chi connectivity index (χ2v) is 14.4. The van der Waals surface area contributed by atoms with Crippen LogP contribution in [-0.2, 0) is 20.4 Å². The summed E-state index contributed by atoms with van der Waals surface area (Å²) in [6, 6.07) is 16.0. The summed E-state index contributed by atoms with van der Waals surface area (Å²) in [5.41, 5.74) is -14.3. The van der Waals surface area contributed by atoms with Gasteiger partial charge in [0.05, 0.1) is 11.4 Å². The van der Waals surface area contributed by atoms with Crippen molar-refractivity contribution in [2.75, 3.05) is 28.3 Å². The number of anilines is 4. The van der Waals surface area contributed by atoms with Gasteiger partial charge in [0.1, 0.15) is 11.5 Å². The molecule has 0 atom stereocenters. The van der Waals surface area contributed by atoms with E-state index in [1.165, 1.54) is 33.0 Å². The third kappa shape index (κ3) is 10.1. The molecule has 5 rings (SSSR count). The lowest BCUT2D eigenvalue weighted by molar-refractivity contribution is -0.290. The average Bonchev–Trinajstić information content (AvgIpc) is 3.17. The maximum absolute atomic E-state index is 14.4. The van der Waals surface area contributed by atoms with Crippen LogP contribution in [0.4, 0.5) is 75.4 Å². The summed E-state index contributed by atoms with van der Waals surface area (Å²) in [6.07, 6.45) is -23.4. The number of aromatic hydroxyl groups is 2. The quantitative estimate of drug-likeness (QED) is 0.0643. The van der Waals surface area contributed by atoms with Crippen LogP contribution >= 0.6 is 0 Å². The number of hydrogen-bond donors (Lipinski definition) is 6. The third-order valence-corrected chi connectivity index (χ3v) is 10.1. The first-order valence-electron chi connectivity index (χ1n) is 18.7. The minimum absolute atomic E-state index is 0.183. The molecule has 6 N–H and O–H groups in total. The van der Waals surface area contributed by atoms with Gasteiger partial charge in [0, 0.05) is 37.8 Å². The minimum atomic E-state index is -5.88. The van der Waals surface area contributed by atoms with Gasteiger partial charge in [-0.25, -0.2) is 0 Å². The Kier molecular flexibility index (Phi) is 14.6. The van der Waals surface area contributed by atoms with Crippen molar-refractivity contribution in [1.29, 1.82) is 0 Å². The molecule has 0 saturated heterocycles. The van der Waals surface area contributed by atoms with Gasteiger partial charge in [-0.1, -0.05) is 54.6 Å². The molecular weight excluding hydrogens is 892 g/mol. The Balaban J connectivity index is 0.000000286. The molecular formula is C44H38F12N4O5. The van der Waals surface area contributed by atoms with E-state index in [4.69, 9.17) is 0 Å². The Labute approximate surface area is 362 Å². The van der Waals surface area contributed by atoms with Crippen LogP contribution in [0, 0.1) is 13.8 Å². The highest BCUT2D eigenvalue weighted by Gasteiger charge is 2.74. The number of hydrogen-bond acceptors (Lipinski definition) is 6. The van der Waals surface area contributed by atoms with Crippen molar-refractivity contribution in [3.8, 4) is 11.5 Å². The van der Waals surface area contributed by atoms with Gasteiger partial charge >= 0.3 is 24.7 Å². The number of benzene rings is 5. The molecule has 5 aromatic rings. The Morgan fingerprint density at radius 1 is 0.446 bits per heavy atom. The third-order valence-electron chi connectivity index (χ3n) is 10.1. The van der Waals surface area contributed by atoms with Gasteiger partial charge in [-0.05, 0) is 95.8 Å². The number of carbonyl (C=O) groups is 3. The van der Waals surface area contributed by atoms with Crippen LogP contribution < -0.4 is 21.3 Å². The molecule has 21 heteroatoms. The van der Waals surface area contributed by atoms with E-state index in [0.717, 1.165) is 38.1 Å². The van der Waals surface area contributed by atoms with E-state index in [2.05, 4.69) is 16.0 Å². The summed E-state index contributed by atoms with van der Waals surface area (Å²) in [6.45, 7) is 4.90. The van der Waals surface area contributed by atoms with Crippen molar-refractivity contribution in [1.82, 2.24) is 0 Å². The summed E-state index contributed by atoms with van der Waals surface area (Å²) in [5, 5.41) is 28.6. The van der Waals surface area contributed by atoms with Crippen LogP contribution in [0.1, 0.15) is 57.6 Å². The first-order valence-corrected chi connectivity index (χ1v) is 18.7. The highest BCUT2D eigenvalue weighted by atomic mass is 19.4. The lowest BCUT2D eigenvalue weighted by atomic mass is 9.72. The van der Waals surface area contributed by atoms with Gasteiger partial charge in [-0.2, -0.15) is 52.7 Å². The summed E-state index contributed by atoms with van der Waals surface area (Å²) in [4.78, 5) is 35.1. The van der Waals surface area contributed by atoms with E-state index in [1.807, 2.05) is 5.32 Å². The highest BCUT2D eigenvalue weighted by molar-refractivity contribution is 6.04. The van der Waals surface area contributed by atoms with E-state index in [9.17, 15) is 77.3 Å². The molecule has 0 aliphatic carbocycles. The van der Waals surface area contributed by atoms with Crippen molar-refractivity contribution >= 4 is 40.5 Å². The summed E-state index contributed by atoms with van der Waals surface area (Å²) < 4.78 is 172.